The molecule has 3 heteroatoms. The molecular formula is C20H19ClN2. The van der Waals surface area contributed by atoms with Gasteiger partial charge in [-0.15, -0.1) is 0 Å². The first-order valence-electron chi connectivity index (χ1n) is 7.90. The molecule has 1 aliphatic rings. The summed E-state index contributed by atoms with van der Waals surface area (Å²) in [5.74, 6) is 0.183. The van der Waals surface area contributed by atoms with Crippen LogP contribution in [0.1, 0.15) is 19.3 Å². The van der Waals surface area contributed by atoms with Gasteiger partial charge in [-0.1, -0.05) is 48.0 Å². The summed E-state index contributed by atoms with van der Waals surface area (Å²) in [5.41, 5.74) is 3.03. The summed E-state index contributed by atoms with van der Waals surface area (Å²) in [7, 11) is 0. The maximum Gasteiger partial charge on any atom is 0.0629 e. The fourth-order valence-electron chi connectivity index (χ4n) is 2.62. The van der Waals surface area contributed by atoms with Crippen LogP contribution in [0.15, 0.2) is 81.3 Å². The summed E-state index contributed by atoms with van der Waals surface area (Å²) in [5, 5.41) is 0.871. The number of hydrogen-bond donors (Lipinski definition) is 0. The fraction of sp³-hybridized carbons (Fsp3) is 0.200. The van der Waals surface area contributed by atoms with Gasteiger partial charge in [0.2, 0.25) is 0 Å². The van der Waals surface area contributed by atoms with Crippen LogP contribution in [0.4, 0.5) is 11.4 Å². The molecule has 0 bridgehead atoms. The predicted octanol–water partition coefficient (Wildman–Crippen LogP) is 6.08. The molecule has 2 nitrogen and oxygen atoms in total. The van der Waals surface area contributed by atoms with Crippen LogP contribution in [-0.2, 0) is 0 Å². The van der Waals surface area contributed by atoms with Gasteiger partial charge >= 0.3 is 0 Å². The highest BCUT2D eigenvalue weighted by Gasteiger charge is 2.19. The number of para-hydroxylation sites is 2. The molecule has 0 heterocycles. The number of aliphatic imine (C=N–C) groups is 2. The average molecular weight is 323 g/mol. The molecular weight excluding hydrogens is 304 g/mol. The number of benzene rings is 2. The second kappa shape index (κ2) is 7.89. The number of nitrogens with zero attached hydrogens (tertiary/aromatic N) is 2. The van der Waals surface area contributed by atoms with E-state index in [9.17, 15) is 0 Å². The lowest BCUT2D eigenvalue weighted by Crippen LogP contribution is -2.11. The van der Waals surface area contributed by atoms with Crippen molar-refractivity contribution in [1.29, 1.82) is 0 Å². The normalized spacial score (nSPS) is 18.9. The van der Waals surface area contributed by atoms with Crippen LogP contribution >= 0.6 is 11.6 Å². The number of halogens is 1. The van der Waals surface area contributed by atoms with Crippen LogP contribution in [0, 0.1) is 5.92 Å². The zero-order chi connectivity index (χ0) is 15.9. The highest BCUT2D eigenvalue weighted by atomic mass is 35.5. The van der Waals surface area contributed by atoms with E-state index >= 15 is 0 Å². The molecule has 1 atom stereocenters. The van der Waals surface area contributed by atoms with Crippen molar-refractivity contribution in [2.45, 2.75) is 19.3 Å². The van der Waals surface area contributed by atoms with E-state index in [2.05, 4.69) is 9.98 Å². The Balaban J connectivity index is 1.75. The van der Waals surface area contributed by atoms with Gasteiger partial charge in [-0.3, -0.25) is 9.98 Å². The molecule has 0 saturated carbocycles. The Morgan fingerprint density at radius 1 is 0.870 bits per heavy atom. The Labute approximate surface area is 142 Å². The zero-order valence-corrected chi connectivity index (χ0v) is 13.7. The zero-order valence-electron chi connectivity index (χ0n) is 12.9. The second-order valence-corrected chi connectivity index (χ2v) is 5.99. The first-order valence-corrected chi connectivity index (χ1v) is 8.27. The standard InChI is InChI=1S/C20H19ClN2/c21-20-16(14-22-18-10-3-1-4-11-18)8-7-9-17(20)15-23-19-12-5-2-6-13-19/h1-6,10-16H,7-9H2/b22-14+,23-15+. The molecule has 0 spiro atoms. The van der Waals surface area contributed by atoms with Gasteiger partial charge in [0, 0.05) is 23.4 Å². The van der Waals surface area contributed by atoms with Crippen LogP contribution in [-0.4, -0.2) is 12.4 Å². The van der Waals surface area contributed by atoms with Gasteiger partial charge in [-0.05, 0) is 49.1 Å². The molecule has 1 unspecified atom stereocenters. The van der Waals surface area contributed by atoms with Crippen LogP contribution in [0.25, 0.3) is 0 Å². The average Bonchev–Trinajstić information content (AvgIpc) is 2.61. The van der Waals surface area contributed by atoms with Crippen LogP contribution in [0.5, 0.6) is 0 Å². The highest BCUT2D eigenvalue weighted by Crippen LogP contribution is 2.32. The summed E-state index contributed by atoms with van der Waals surface area (Å²) in [4.78, 5) is 9.07. The van der Waals surface area contributed by atoms with Gasteiger partial charge in [0.15, 0.2) is 0 Å². The lowest BCUT2D eigenvalue weighted by atomic mass is 9.91. The van der Waals surface area contributed by atoms with Crippen molar-refractivity contribution in [3.63, 3.8) is 0 Å². The summed E-state index contributed by atoms with van der Waals surface area (Å²) in [6.45, 7) is 0. The lowest BCUT2D eigenvalue weighted by molar-refractivity contribution is 0.644. The van der Waals surface area contributed by atoms with Crippen molar-refractivity contribution in [1.82, 2.24) is 0 Å². The van der Waals surface area contributed by atoms with Crippen molar-refractivity contribution in [3.8, 4) is 0 Å². The Hall–Kier alpha value is -2.19. The van der Waals surface area contributed by atoms with Crippen molar-refractivity contribution in [3.05, 3.63) is 71.3 Å². The molecule has 23 heavy (non-hydrogen) atoms. The highest BCUT2D eigenvalue weighted by molar-refractivity contribution is 6.32. The van der Waals surface area contributed by atoms with Crippen molar-refractivity contribution in [2.24, 2.45) is 15.9 Å². The minimum atomic E-state index is 0.183. The van der Waals surface area contributed by atoms with Crippen molar-refractivity contribution >= 4 is 35.4 Å². The first-order chi connectivity index (χ1) is 11.3. The predicted molar refractivity (Wildman–Crippen MR) is 99.4 cm³/mol. The maximum absolute atomic E-state index is 6.58. The SMILES string of the molecule is ClC1=C(/C=N/c2ccccc2)CCCC1/C=N/c1ccccc1. The summed E-state index contributed by atoms with van der Waals surface area (Å²) >= 11 is 6.58. The smallest absolute Gasteiger partial charge is 0.0629 e. The fourth-order valence-corrected chi connectivity index (χ4v) is 2.93. The largest absolute Gasteiger partial charge is 0.261 e. The molecule has 0 saturated heterocycles. The third-order valence-corrected chi connectivity index (χ3v) is 4.40. The van der Waals surface area contributed by atoms with Crippen LogP contribution in [0.3, 0.4) is 0 Å². The number of allylic oxidation sites excluding steroid dienone is 2. The maximum atomic E-state index is 6.58. The van der Waals surface area contributed by atoms with Crippen molar-refractivity contribution < 1.29 is 0 Å². The molecule has 0 radical (unpaired) electrons. The Morgan fingerprint density at radius 3 is 2.13 bits per heavy atom. The minimum absolute atomic E-state index is 0.183. The molecule has 2 aromatic carbocycles. The molecule has 1 aliphatic carbocycles. The molecule has 0 aromatic heterocycles. The van der Waals surface area contributed by atoms with E-state index in [1.807, 2.05) is 73.1 Å². The third-order valence-electron chi connectivity index (χ3n) is 3.88. The molecule has 0 aliphatic heterocycles. The van der Waals surface area contributed by atoms with Crippen LogP contribution < -0.4 is 0 Å². The van der Waals surface area contributed by atoms with E-state index in [1.165, 1.54) is 0 Å². The molecule has 3 rings (SSSR count). The summed E-state index contributed by atoms with van der Waals surface area (Å²) in [6, 6.07) is 19.9. The number of hydrogen-bond acceptors (Lipinski definition) is 2. The second-order valence-electron chi connectivity index (χ2n) is 5.58. The number of rotatable bonds is 4. The Bertz CT molecular complexity index is 718. The Morgan fingerprint density at radius 2 is 1.48 bits per heavy atom. The van der Waals surface area contributed by atoms with E-state index in [1.54, 1.807) is 0 Å². The quantitative estimate of drug-likeness (QED) is 0.609. The van der Waals surface area contributed by atoms with Gasteiger partial charge < -0.3 is 0 Å². The van der Waals surface area contributed by atoms with E-state index in [4.69, 9.17) is 11.6 Å². The van der Waals surface area contributed by atoms with Crippen molar-refractivity contribution in [2.75, 3.05) is 0 Å². The molecule has 2 aromatic rings. The topological polar surface area (TPSA) is 24.7 Å². The first kappa shape index (κ1) is 15.7. The van der Waals surface area contributed by atoms with E-state index in [-0.39, 0.29) is 5.92 Å². The molecule has 116 valence electrons. The van der Waals surface area contributed by atoms with E-state index in [0.29, 0.717) is 0 Å². The van der Waals surface area contributed by atoms with Gasteiger partial charge in [0.25, 0.3) is 0 Å². The molecule has 0 fully saturated rings. The Kier molecular flexibility index (Phi) is 5.38. The minimum Gasteiger partial charge on any atom is -0.261 e. The van der Waals surface area contributed by atoms with E-state index in [0.717, 1.165) is 41.2 Å². The monoisotopic (exact) mass is 322 g/mol. The van der Waals surface area contributed by atoms with Gasteiger partial charge in [-0.25, -0.2) is 0 Å². The van der Waals surface area contributed by atoms with Crippen LogP contribution in [0.2, 0.25) is 0 Å². The summed E-state index contributed by atoms with van der Waals surface area (Å²) < 4.78 is 0. The van der Waals surface area contributed by atoms with E-state index < -0.39 is 0 Å². The summed E-state index contributed by atoms with van der Waals surface area (Å²) in [6.07, 6.45) is 6.99. The van der Waals surface area contributed by atoms with Gasteiger partial charge in [0.05, 0.1) is 11.4 Å². The lowest BCUT2D eigenvalue weighted by Gasteiger charge is -2.20. The van der Waals surface area contributed by atoms with Gasteiger partial charge in [0.1, 0.15) is 0 Å². The molecule has 0 N–H and O–H groups in total. The van der Waals surface area contributed by atoms with Gasteiger partial charge in [-0.2, -0.15) is 0 Å². The molecule has 0 amide bonds. The third kappa shape index (κ3) is 4.40.